The van der Waals surface area contributed by atoms with Crippen molar-refractivity contribution >= 4 is 10.8 Å². The van der Waals surface area contributed by atoms with Crippen LogP contribution >= 0.6 is 0 Å². The van der Waals surface area contributed by atoms with Gasteiger partial charge in [-0.05, 0) is 66.1 Å². The number of fused-ring (bicyclic) bond motifs is 1. The molecule has 0 radical (unpaired) electrons. The molecule has 1 atom stereocenters. The van der Waals surface area contributed by atoms with Crippen LogP contribution in [0.1, 0.15) is 43.0 Å². The summed E-state index contributed by atoms with van der Waals surface area (Å²) in [7, 11) is 0. The van der Waals surface area contributed by atoms with Gasteiger partial charge < -0.3 is 10.1 Å². The number of benzene rings is 4. The van der Waals surface area contributed by atoms with Crippen LogP contribution in [0.3, 0.4) is 0 Å². The van der Waals surface area contributed by atoms with Crippen molar-refractivity contribution < 1.29 is 4.74 Å². The van der Waals surface area contributed by atoms with Crippen molar-refractivity contribution in [2.24, 2.45) is 0 Å². The summed E-state index contributed by atoms with van der Waals surface area (Å²) >= 11 is 0. The molecule has 4 aromatic carbocycles. The van der Waals surface area contributed by atoms with Crippen molar-refractivity contribution in [3.63, 3.8) is 0 Å². The van der Waals surface area contributed by atoms with Crippen LogP contribution in [0.25, 0.3) is 10.8 Å². The summed E-state index contributed by atoms with van der Waals surface area (Å²) in [5.41, 5.74) is 3.96. The van der Waals surface area contributed by atoms with E-state index in [0.29, 0.717) is 6.04 Å². The lowest BCUT2D eigenvalue weighted by Gasteiger charge is -2.05. The van der Waals surface area contributed by atoms with Crippen LogP contribution in [0.15, 0.2) is 91.0 Å². The smallest absolute Gasteiger partial charge is 0.127 e. The molecule has 2 nitrogen and oxygen atoms in total. The zero-order valence-corrected chi connectivity index (χ0v) is 19.1. The van der Waals surface area contributed by atoms with E-state index in [2.05, 4.69) is 75.5 Å². The van der Waals surface area contributed by atoms with Crippen molar-refractivity contribution in [2.45, 2.75) is 40.2 Å². The molecule has 0 bridgehead atoms. The summed E-state index contributed by atoms with van der Waals surface area (Å²) in [5.74, 6) is 1.76. The SMILES string of the molecule is CCC.Cc1ccc2ccc(C3CN3)cc2c1.Cc1cccc(Oc2ccccc2)c1. The van der Waals surface area contributed by atoms with Crippen LogP contribution in [0.2, 0.25) is 0 Å². The molecule has 5 rings (SSSR count). The lowest BCUT2D eigenvalue weighted by molar-refractivity contribution is 0.482. The van der Waals surface area contributed by atoms with Gasteiger partial charge in [-0.3, -0.25) is 0 Å². The first kappa shape index (κ1) is 22.6. The van der Waals surface area contributed by atoms with E-state index >= 15 is 0 Å². The average molecular weight is 412 g/mol. The highest BCUT2D eigenvalue weighted by Crippen LogP contribution is 2.26. The minimum atomic E-state index is 0.611. The van der Waals surface area contributed by atoms with Crippen LogP contribution < -0.4 is 10.1 Å². The van der Waals surface area contributed by atoms with Crippen LogP contribution in [0.5, 0.6) is 11.5 Å². The third-order valence-electron chi connectivity index (χ3n) is 4.80. The van der Waals surface area contributed by atoms with Crippen molar-refractivity contribution in [1.29, 1.82) is 0 Å². The maximum absolute atomic E-state index is 5.66. The summed E-state index contributed by atoms with van der Waals surface area (Å²) in [6.45, 7) is 9.58. The fourth-order valence-corrected chi connectivity index (χ4v) is 3.20. The zero-order chi connectivity index (χ0) is 22.1. The zero-order valence-electron chi connectivity index (χ0n) is 19.1. The summed E-state index contributed by atoms with van der Waals surface area (Å²) in [6, 6.07) is 31.8. The first-order valence-corrected chi connectivity index (χ1v) is 11.1. The fourth-order valence-electron chi connectivity index (χ4n) is 3.20. The lowest BCUT2D eigenvalue weighted by atomic mass is 10.0. The quantitative estimate of drug-likeness (QED) is 0.346. The Morgan fingerprint density at radius 1 is 0.710 bits per heavy atom. The van der Waals surface area contributed by atoms with E-state index in [4.69, 9.17) is 4.74 Å². The van der Waals surface area contributed by atoms with Gasteiger partial charge in [-0.25, -0.2) is 0 Å². The molecular formula is C29H33NO. The second-order valence-corrected chi connectivity index (χ2v) is 8.01. The fraction of sp³-hybridized carbons (Fsp3) is 0.241. The van der Waals surface area contributed by atoms with Gasteiger partial charge in [0.05, 0.1) is 0 Å². The molecular weight excluding hydrogens is 378 g/mol. The molecule has 1 aliphatic heterocycles. The minimum Gasteiger partial charge on any atom is -0.457 e. The van der Waals surface area contributed by atoms with Crippen molar-refractivity contribution in [3.8, 4) is 11.5 Å². The van der Waals surface area contributed by atoms with Gasteiger partial charge in [0.15, 0.2) is 0 Å². The van der Waals surface area contributed by atoms with E-state index in [-0.39, 0.29) is 0 Å². The highest BCUT2D eigenvalue weighted by molar-refractivity contribution is 5.84. The van der Waals surface area contributed by atoms with Gasteiger partial charge in [-0.2, -0.15) is 0 Å². The van der Waals surface area contributed by atoms with Gasteiger partial charge in [-0.15, -0.1) is 0 Å². The molecule has 4 aromatic rings. The third kappa shape index (κ3) is 7.27. The standard InChI is InChI=1S/C13H13N.C13H12O.C3H8/c1-9-2-3-10-4-5-11(13-8-14-13)7-12(10)6-9;1-11-6-5-9-13(10-11)14-12-7-3-2-4-8-12;1-3-2/h2-7,13-14H,8H2,1H3;2-10H,1H3;3H2,1-2H3. The molecule has 1 aliphatic rings. The number of para-hydroxylation sites is 1. The molecule has 0 saturated carbocycles. The molecule has 160 valence electrons. The Labute approximate surface area is 186 Å². The van der Waals surface area contributed by atoms with Crippen LogP contribution in [-0.4, -0.2) is 6.54 Å². The number of aryl methyl sites for hydroxylation is 2. The Bertz CT molecular complexity index is 1080. The number of nitrogens with one attached hydrogen (secondary N) is 1. The van der Waals surface area contributed by atoms with E-state index in [1.165, 1.54) is 33.9 Å². The molecule has 1 fully saturated rings. The second kappa shape index (κ2) is 11.3. The predicted octanol–water partition coefficient (Wildman–Crippen LogP) is 8.00. The average Bonchev–Trinajstić information content (AvgIpc) is 3.61. The van der Waals surface area contributed by atoms with Crippen molar-refractivity contribution in [3.05, 3.63) is 108 Å². The van der Waals surface area contributed by atoms with Crippen molar-refractivity contribution in [2.75, 3.05) is 6.54 Å². The maximum atomic E-state index is 5.66. The van der Waals surface area contributed by atoms with Gasteiger partial charge >= 0.3 is 0 Å². The van der Waals surface area contributed by atoms with Crippen LogP contribution in [0, 0.1) is 13.8 Å². The summed E-state index contributed by atoms with van der Waals surface area (Å²) < 4.78 is 5.66. The number of hydrogen-bond donors (Lipinski definition) is 1. The Morgan fingerprint density at radius 2 is 1.35 bits per heavy atom. The van der Waals surface area contributed by atoms with Gasteiger partial charge in [0.1, 0.15) is 11.5 Å². The molecule has 2 heteroatoms. The molecule has 1 saturated heterocycles. The van der Waals surface area contributed by atoms with E-state index < -0.39 is 0 Å². The Morgan fingerprint density at radius 3 is 2.03 bits per heavy atom. The highest BCUT2D eigenvalue weighted by Gasteiger charge is 2.21. The molecule has 1 unspecified atom stereocenters. The van der Waals surface area contributed by atoms with Gasteiger partial charge in [0, 0.05) is 12.6 Å². The Hall–Kier alpha value is -3.10. The normalized spacial score (nSPS) is 14.0. The third-order valence-corrected chi connectivity index (χ3v) is 4.80. The highest BCUT2D eigenvalue weighted by atomic mass is 16.5. The monoisotopic (exact) mass is 411 g/mol. The minimum absolute atomic E-state index is 0.611. The first-order valence-electron chi connectivity index (χ1n) is 11.1. The molecule has 0 amide bonds. The topological polar surface area (TPSA) is 31.2 Å². The van der Waals surface area contributed by atoms with Crippen LogP contribution in [-0.2, 0) is 0 Å². The number of ether oxygens (including phenoxy) is 1. The summed E-state index contributed by atoms with van der Waals surface area (Å²) in [6.07, 6.45) is 1.25. The van der Waals surface area contributed by atoms with E-state index in [1.54, 1.807) is 0 Å². The van der Waals surface area contributed by atoms with Crippen molar-refractivity contribution in [1.82, 2.24) is 5.32 Å². The van der Waals surface area contributed by atoms with Gasteiger partial charge in [0.2, 0.25) is 0 Å². The van der Waals surface area contributed by atoms with E-state index in [1.807, 2.05) is 48.5 Å². The summed E-state index contributed by atoms with van der Waals surface area (Å²) in [5, 5.41) is 6.02. The Kier molecular flexibility index (Phi) is 8.26. The molecule has 0 spiro atoms. The molecule has 1 heterocycles. The molecule has 31 heavy (non-hydrogen) atoms. The van der Waals surface area contributed by atoms with E-state index in [9.17, 15) is 0 Å². The summed E-state index contributed by atoms with van der Waals surface area (Å²) in [4.78, 5) is 0. The van der Waals surface area contributed by atoms with E-state index in [0.717, 1.165) is 18.0 Å². The number of hydrogen-bond acceptors (Lipinski definition) is 2. The molecule has 1 N–H and O–H groups in total. The van der Waals surface area contributed by atoms with Gasteiger partial charge in [-0.1, -0.05) is 86.5 Å². The predicted molar refractivity (Wildman–Crippen MR) is 133 cm³/mol. The maximum Gasteiger partial charge on any atom is 0.127 e. The van der Waals surface area contributed by atoms with Crippen LogP contribution in [0.4, 0.5) is 0 Å². The second-order valence-electron chi connectivity index (χ2n) is 8.01. The number of rotatable bonds is 3. The molecule has 0 aromatic heterocycles. The van der Waals surface area contributed by atoms with Gasteiger partial charge in [0.25, 0.3) is 0 Å². The Balaban J connectivity index is 0.000000156. The lowest BCUT2D eigenvalue weighted by Crippen LogP contribution is -1.84. The largest absolute Gasteiger partial charge is 0.457 e. The first-order chi connectivity index (χ1) is 15.1. The molecule has 0 aliphatic carbocycles.